The number of rotatable bonds is 37. The number of ether oxygens (including phenoxy) is 2. The minimum atomic E-state index is -0.374. The molecule has 0 aromatic rings. The lowest BCUT2D eigenvalue weighted by Gasteiger charge is -2.17. The lowest BCUT2D eigenvalue weighted by Crippen LogP contribution is -2.19. The summed E-state index contributed by atoms with van der Waals surface area (Å²) in [5.74, 6) is 0. The van der Waals surface area contributed by atoms with Crippen LogP contribution in [0.2, 0.25) is 0 Å². The maximum absolute atomic E-state index is 9.55. The second-order valence-electron chi connectivity index (χ2n) is 13.7. The minimum Gasteiger partial charge on any atom is -0.394 e. The van der Waals surface area contributed by atoms with Crippen LogP contribution in [-0.4, -0.2) is 48.3 Å². The standard InChI is InChI=1S/C41H80O4/c1-4-6-8-28-32-40(44-37-36-42)33-30-26-24-22-20-18-16-14-12-10-11-13-15-17-19-21-23-25-27-31-35-41(45-38-39(3)43)34-29-9-7-5-2/h26-27,30-31,39-43H,4-25,28-29,32-38H2,1-3H3/b30-26-,31-27-. The summed E-state index contributed by atoms with van der Waals surface area (Å²) in [6, 6.07) is 0. The van der Waals surface area contributed by atoms with Crippen molar-refractivity contribution < 1.29 is 19.7 Å². The SMILES string of the molecule is CCCCCCC(C/C=C\CCCCCCCCCCCCCCCC/C=C\CC(CCCCCC)OCC(C)O)OCCO. The monoisotopic (exact) mass is 637 g/mol. The Kier molecular flexibility index (Phi) is 37.2. The highest BCUT2D eigenvalue weighted by molar-refractivity contribution is 4.85. The molecule has 4 nitrogen and oxygen atoms in total. The van der Waals surface area contributed by atoms with Gasteiger partial charge in [0.05, 0.1) is 38.1 Å². The zero-order valence-electron chi connectivity index (χ0n) is 30.7. The van der Waals surface area contributed by atoms with Gasteiger partial charge < -0.3 is 19.7 Å². The largest absolute Gasteiger partial charge is 0.394 e. The molecule has 4 heteroatoms. The van der Waals surface area contributed by atoms with E-state index < -0.39 is 0 Å². The van der Waals surface area contributed by atoms with Gasteiger partial charge in [0.25, 0.3) is 0 Å². The number of unbranched alkanes of at least 4 members (excludes halogenated alkanes) is 21. The predicted molar refractivity (Wildman–Crippen MR) is 197 cm³/mol. The Balaban J connectivity index is 3.54. The normalized spacial score (nSPS) is 14.2. The molecule has 0 radical (unpaired) electrons. The summed E-state index contributed by atoms with van der Waals surface area (Å²) in [4.78, 5) is 0. The number of aliphatic hydroxyl groups excluding tert-OH is 2. The second-order valence-corrected chi connectivity index (χ2v) is 13.7. The van der Waals surface area contributed by atoms with E-state index >= 15 is 0 Å². The lowest BCUT2D eigenvalue weighted by molar-refractivity contribution is -0.00577. The molecule has 0 heterocycles. The van der Waals surface area contributed by atoms with E-state index in [-0.39, 0.29) is 24.9 Å². The molecule has 3 atom stereocenters. The van der Waals surface area contributed by atoms with Crippen molar-refractivity contribution in [3.8, 4) is 0 Å². The third-order valence-corrected chi connectivity index (χ3v) is 8.90. The highest BCUT2D eigenvalue weighted by atomic mass is 16.5. The first kappa shape index (κ1) is 44.3. The van der Waals surface area contributed by atoms with Crippen LogP contribution in [0.4, 0.5) is 0 Å². The Bertz CT molecular complexity index is 602. The van der Waals surface area contributed by atoms with Gasteiger partial charge in [0.2, 0.25) is 0 Å². The van der Waals surface area contributed by atoms with E-state index in [0.717, 1.165) is 25.7 Å². The highest BCUT2D eigenvalue weighted by Gasteiger charge is 2.09. The van der Waals surface area contributed by atoms with Crippen LogP contribution in [0.25, 0.3) is 0 Å². The van der Waals surface area contributed by atoms with Gasteiger partial charge in [0.15, 0.2) is 0 Å². The molecular formula is C41H80O4. The molecular weight excluding hydrogens is 556 g/mol. The van der Waals surface area contributed by atoms with Crippen molar-refractivity contribution in [2.75, 3.05) is 19.8 Å². The van der Waals surface area contributed by atoms with E-state index in [1.807, 2.05) is 0 Å². The van der Waals surface area contributed by atoms with Gasteiger partial charge in [-0.2, -0.15) is 0 Å². The molecule has 0 aromatic carbocycles. The van der Waals surface area contributed by atoms with E-state index in [0.29, 0.717) is 13.2 Å². The van der Waals surface area contributed by atoms with Crippen LogP contribution in [-0.2, 0) is 9.47 Å². The quantitative estimate of drug-likeness (QED) is 0.0526. The molecule has 3 unspecified atom stereocenters. The number of hydrogen-bond donors (Lipinski definition) is 2. The Labute approximate surface area is 282 Å². The Morgan fingerprint density at radius 3 is 1.24 bits per heavy atom. The molecule has 0 spiro atoms. The second kappa shape index (κ2) is 37.8. The first-order valence-corrected chi connectivity index (χ1v) is 20.0. The van der Waals surface area contributed by atoms with Crippen LogP contribution in [0, 0.1) is 0 Å². The average Bonchev–Trinajstić information content (AvgIpc) is 3.04. The first-order chi connectivity index (χ1) is 22.1. The van der Waals surface area contributed by atoms with Crippen LogP contribution in [0.15, 0.2) is 24.3 Å². The third-order valence-electron chi connectivity index (χ3n) is 8.90. The minimum absolute atomic E-state index is 0.125. The van der Waals surface area contributed by atoms with E-state index in [9.17, 15) is 5.11 Å². The van der Waals surface area contributed by atoms with Crippen LogP contribution < -0.4 is 0 Å². The van der Waals surface area contributed by atoms with Gasteiger partial charge in [-0.15, -0.1) is 0 Å². The number of allylic oxidation sites excluding steroid dienone is 2. The van der Waals surface area contributed by atoms with Crippen molar-refractivity contribution >= 4 is 0 Å². The maximum atomic E-state index is 9.55. The maximum Gasteiger partial charge on any atom is 0.0745 e. The van der Waals surface area contributed by atoms with Gasteiger partial charge in [0.1, 0.15) is 0 Å². The molecule has 0 amide bonds. The molecule has 45 heavy (non-hydrogen) atoms. The summed E-state index contributed by atoms with van der Waals surface area (Å²) in [5.41, 5.74) is 0. The molecule has 0 fully saturated rings. The fourth-order valence-corrected chi connectivity index (χ4v) is 6.01. The summed E-state index contributed by atoms with van der Waals surface area (Å²) < 4.78 is 11.8. The molecule has 0 saturated carbocycles. The van der Waals surface area contributed by atoms with E-state index in [1.54, 1.807) is 6.92 Å². The zero-order chi connectivity index (χ0) is 32.9. The average molecular weight is 637 g/mol. The van der Waals surface area contributed by atoms with Crippen LogP contribution in [0.5, 0.6) is 0 Å². The molecule has 0 aromatic heterocycles. The molecule has 268 valence electrons. The van der Waals surface area contributed by atoms with Gasteiger partial charge >= 0.3 is 0 Å². The van der Waals surface area contributed by atoms with Gasteiger partial charge in [-0.25, -0.2) is 0 Å². The molecule has 2 N–H and O–H groups in total. The topological polar surface area (TPSA) is 58.9 Å². The van der Waals surface area contributed by atoms with Gasteiger partial charge in [0, 0.05) is 0 Å². The van der Waals surface area contributed by atoms with E-state index in [4.69, 9.17) is 14.6 Å². The molecule has 0 rings (SSSR count). The lowest BCUT2D eigenvalue weighted by atomic mass is 10.0. The van der Waals surface area contributed by atoms with E-state index in [1.165, 1.54) is 154 Å². The van der Waals surface area contributed by atoms with Crippen molar-refractivity contribution in [3.05, 3.63) is 24.3 Å². The predicted octanol–water partition coefficient (Wildman–Crippen LogP) is 12.2. The first-order valence-electron chi connectivity index (χ1n) is 20.0. The molecule has 0 aliphatic carbocycles. The Morgan fingerprint density at radius 2 is 0.867 bits per heavy atom. The van der Waals surface area contributed by atoms with Gasteiger partial charge in [-0.3, -0.25) is 0 Å². The van der Waals surface area contributed by atoms with Crippen LogP contribution in [0.1, 0.15) is 201 Å². The summed E-state index contributed by atoms with van der Waals surface area (Å²) in [5, 5.41) is 18.6. The summed E-state index contributed by atoms with van der Waals surface area (Å²) in [6.45, 7) is 7.36. The summed E-state index contributed by atoms with van der Waals surface area (Å²) in [7, 11) is 0. The summed E-state index contributed by atoms with van der Waals surface area (Å²) in [6.07, 6.45) is 45.7. The molecule has 0 aliphatic heterocycles. The Morgan fingerprint density at radius 1 is 0.489 bits per heavy atom. The molecule has 0 bridgehead atoms. The Hall–Kier alpha value is -0.680. The number of hydrogen-bond acceptors (Lipinski definition) is 4. The van der Waals surface area contributed by atoms with Gasteiger partial charge in [-0.05, 0) is 58.3 Å². The molecule has 0 saturated heterocycles. The fraction of sp³-hybridized carbons (Fsp3) is 0.902. The number of aliphatic hydroxyl groups is 2. The van der Waals surface area contributed by atoms with E-state index in [2.05, 4.69) is 38.2 Å². The van der Waals surface area contributed by atoms with Gasteiger partial charge in [-0.1, -0.05) is 167 Å². The smallest absolute Gasteiger partial charge is 0.0745 e. The third kappa shape index (κ3) is 36.0. The van der Waals surface area contributed by atoms with Crippen molar-refractivity contribution in [2.45, 2.75) is 219 Å². The van der Waals surface area contributed by atoms with Crippen molar-refractivity contribution in [2.24, 2.45) is 0 Å². The summed E-state index contributed by atoms with van der Waals surface area (Å²) >= 11 is 0. The van der Waals surface area contributed by atoms with Crippen molar-refractivity contribution in [3.63, 3.8) is 0 Å². The zero-order valence-corrected chi connectivity index (χ0v) is 30.7. The fourth-order valence-electron chi connectivity index (χ4n) is 6.01. The van der Waals surface area contributed by atoms with Crippen LogP contribution in [0.3, 0.4) is 0 Å². The molecule has 0 aliphatic rings. The van der Waals surface area contributed by atoms with Crippen molar-refractivity contribution in [1.29, 1.82) is 0 Å². The van der Waals surface area contributed by atoms with Crippen LogP contribution >= 0.6 is 0 Å². The highest BCUT2D eigenvalue weighted by Crippen LogP contribution is 2.16. The van der Waals surface area contributed by atoms with Crippen molar-refractivity contribution in [1.82, 2.24) is 0 Å².